The number of ether oxygens (including phenoxy) is 1. The van der Waals surface area contributed by atoms with Crippen LogP contribution in [0.15, 0.2) is 6.07 Å². The van der Waals surface area contributed by atoms with Crippen molar-refractivity contribution in [2.24, 2.45) is 0 Å². The van der Waals surface area contributed by atoms with Crippen LogP contribution in [0.4, 0.5) is 14.6 Å². The Bertz CT molecular complexity index is 400. The minimum Gasteiger partial charge on any atom is -0.489 e. The molecule has 0 fully saturated rings. The van der Waals surface area contributed by atoms with Gasteiger partial charge in [-0.1, -0.05) is 0 Å². The molecule has 0 aliphatic rings. The number of hydrogen-bond acceptors (Lipinski definition) is 4. The van der Waals surface area contributed by atoms with Crippen LogP contribution in [0.3, 0.4) is 0 Å². The van der Waals surface area contributed by atoms with Crippen molar-refractivity contribution in [1.82, 2.24) is 4.98 Å². The van der Waals surface area contributed by atoms with E-state index in [-0.39, 0.29) is 15.0 Å². The molecule has 0 unspecified atom stereocenters. The zero-order valence-electron chi connectivity index (χ0n) is 7.41. The molecule has 0 aliphatic carbocycles. The van der Waals surface area contributed by atoms with E-state index < -0.39 is 17.2 Å². The third-order valence-electron chi connectivity index (χ3n) is 1.58. The highest BCUT2D eigenvalue weighted by atomic mass is 127. The summed E-state index contributed by atoms with van der Waals surface area (Å²) >= 11 is 1.52. The fraction of sp³-hybridized carbons (Fsp3) is 0.286. The third-order valence-corrected chi connectivity index (χ3v) is 2.44. The number of methoxy groups -OCH3 is 1. The molecule has 0 radical (unpaired) electrons. The molecule has 0 amide bonds. The molecule has 0 aliphatic heterocycles. The quantitative estimate of drug-likeness (QED) is 0.370. The number of halogens is 3. The van der Waals surface area contributed by atoms with Gasteiger partial charge in [0.25, 0.3) is 6.43 Å². The predicted octanol–water partition coefficient (Wildman–Crippen LogP) is 2.54. The van der Waals surface area contributed by atoms with Gasteiger partial charge in [0.15, 0.2) is 0 Å². The molecule has 0 spiro atoms. The zero-order valence-corrected chi connectivity index (χ0v) is 9.57. The Morgan fingerprint density at radius 1 is 1.67 bits per heavy atom. The fourth-order valence-corrected chi connectivity index (χ4v) is 1.53. The summed E-state index contributed by atoms with van der Waals surface area (Å²) in [6.07, 6.45) is -2.74. The molecular weight excluding hydrogens is 325 g/mol. The molecule has 1 heterocycles. The SMILES string of the molecule is COc1cc(C(F)F)c(I)nc1[N+](=O)[O-]. The van der Waals surface area contributed by atoms with Crippen molar-refractivity contribution < 1.29 is 18.4 Å². The molecule has 0 bridgehead atoms. The summed E-state index contributed by atoms with van der Waals surface area (Å²) in [6, 6.07) is 0.928. The van der Waals surface area contributed by atoms with E-state index in [1.165, 1.54) is 22.6 Å². The van der Waals surface area contributed by atoms with Crippen LogP contribution in [0.2, 0.25) is 0 Å². The minimum absolute atomic E-state index is 0.102. The number of nitro groups is 1. The maximum atomic E-state index is 12.4. The lowest BCUT2D eigenvalue weighted by atomic mass is 10.3. The molecule has 5 nitrogen and oxygen atoms in total. The normalized spacial score (nSPS) is 10.5. The van der Waals surface area contributed by atoms with E-state index in [0.29, 0.717) is 0 Å². The van der Waals surface area contributed by atoms with Crippen molar-refractivity contribution in [3.8, 4) is 5.75 Å². The molecule has 15 heavy (non-hydrogen) atoms. The van der Waals surface area contributed by atoms with E-state index >= 15 is 0 Å². The number of pyridine rings is 1. The predicted molar refractivity (Wildman–Crippen MR) is 55.1 cm³/mol. The summed E-state index contributed by atoms with van der Waals surface area (Å²) in [7, 11) is 1.16. The van der Waals surface area contributed by atoms with Crippen LogP contribution in [0.1, 0.15) is 12.0 Å². The van der Waals surface area contributed by atoms with E-state index in [9.17, 15) is 18.9 Å². The lowest BCUT2D eigenvalue weighted by molar-refractivity contribution is -0.390. The van der Waals surface area contributed by atoms with Crippen LogP contribution in [0.5, 0.6) is 5.75 Å². The van der Waals surface area contributed by atoms with Gasteiger partial charge in [0.2, 0.25) is 9.45 Å². The van der Waals surface area contributed by atoms with Crippen LogP contribution >= 0.6 is 22.6 Å². The maximum absolute atomic E-state index is 12.4. The Labute approximate surface area is 96.7 Å². The summed E-state index contributed by atoms with van der Waals surface area (Å²) in [5.74, 6) is -0.831. The summed E-state index contributed by atoms with van der Waals surface area (Å²) in [5.41, 5.74) is -0.377. The lowest BCUT2D eigenvalue weighted by Crippen LogP contribution is -2.02. The smallest absolute Gasteiger partial charge is 0.407 e. The molecule has 1 rings (SSSR count). The Morgan fingerprint density at radius 2 is 2.27 bits per heavy atom. The van der Waals surface area contributed by atoms with Gasteiger partial charge in [-0.25, -0.2) is 8.78 Å². The van der Waals surface area contributed by atoms with Crippen molar-refractivity contribution >= 4 is 28.4 Å². The van der Waals surface area contributed by atoms with E-state index in [1.54, 1.807) is 0 Å². The number of alkyl halides is 2. The maximum Gasteiger partial charge on any atom is 0.407 e. The molecule has 82 valence electrons. The van der Waals surface area contributed by atoms with Crippen molar-refractivity contribution in [1.29, 1.82) is 0 Å². The molecule has 0 saturated carbocycles. The second kappa shape index (κ2) is 4.64. The summed E-state index contributed by atoms with van der Waals surface area (Å²) in [4.78, 5) is 13.2. The Kier molecular flexibility index (Phi) is 3.72. The molecule has 1 aromatic heterocycles. The summed E-state index contributed by atoms with van der Waals surface area (Å²) in [5, 5.41) is 10.5. The van der Waals surface area contributed by atoms with Gasteiger partial charge in [-0.15, -0.1) is 0 Å². The average molecular weight is 330 g/mol. The first-order valence-corrected chi connectivity index (χ1v) is 4.72. The molecule has 1 aromatic rings. The molecule has 8 heteroatoms. The minimum atomic E-state index is -2.74. The van der Waals surface area contributed by atoms with Gasteiger partial charge in [-0.05, 0) is 9.91 Å². The van der Waals surface area contributed by atoms with Crippen LogP contribution < -0.4 is 4.74 Å². The second-order valence-electron chi connectivity index (χ2n) is 2.45. The van der Waals surface area contributed by atoms with Gasteiger partial charge < -0.3 is 14.9 Å². The van der Waals surface area contributed by atoms with Crippen LogP contribution in [0, 0.1) is 13.8 Å². The van der Waals surface area contributed by atoms with Crippen molar-refractivity contribution in [2.75, 3.05) is 7.11 Å². The monoisotopic (exact) mass is 330 g/mol. The summed E-state index contributed by atoms with van der Waals surface area (Å²) < 4.78 is 29.3. The van der Waals surface area contributed by atoms with Gasteiger partial charge >= 0.3 is 5.82 Å². The van der Waals surface area contributed by atoms with E-state index in [4.69, 9.17) is 0 Å². The van der Waals surface area contributed by atoms with Gasteiger partial charge in [0.05, 0.1) is 12.7 Å². The number of nitrogens with zero attached hydrogens (tertiary/aromatic N) is 2. The first kappa shape index (κ1) is 12.0. The largest absolute Gasteiger partial charge is 0.489 e. The topological polar surface area (TPSA) is 65.3 Å². The van der Waals surface area contributed by atoms with Crippen LogP contribution in [-0.4, -0.2) is 17.0 Å². The first-order valence-electron chi connectivity index (χ1n) is 3.64. The second-order valence-corrected chi connectivity index (χ2v) is 3.47. The van der Waals surface area contributed by atoms with Crippen LogP contribution in [-0.2, 0) is 0 Å². The van der Waals surface area contributed by atoms with Gasteiger partial charge in [-0.2, -0.15) is 0 Å². The fourth-order valence-electron chi connectivity index (χ4n) is 0.912. The molecular formula is C7H5F2IN2O3. The highest BCUT2D eigenvalue weighted by Crippen LogP contribution is 2.32. The van der Waals surface area contributed by atoms with Crippen molar-refractivity contribution in [3.63, 3.8) is 0 Å². The average Bonchev–Trinajstić information content (AvgIpc) is 2.16. The van der Waals surface area contributed by atoms with Gasteiger partial charge in [0, 0.05) is 28.7 Å². The van der Waals surface area contributed by atoms with E-state index in [2.05, 4.69) is 9.72 Å². The Morgan fingerprint density at radius 3 is 2.67 bits per heavy atom. The highest BCUT2D eigenvalue weighted by molar-refractivity contribution is 14.1. The molecule has 0 N–H and O–H groups in total. The first-order chi connectivity index (χ1) is 6.97. The van der Waals surface area contributed by atoms with Crippen molar-refractivity contribution in [3.05, 3.63) is 25.4 Å². The number of aromatic nitrogens is 1. The van der Waals surface area contributed by atoms with Gasteiger partial charge in [-0.3, -0.25) is 0 Å². The Balaban J connectivity index is 3.35. The summed E-state index contributed by atoms with van der Waals surface area (Å²) in [6.45, 7) is 0. The number of hydrogen-bond donors (Lipinski definition) is 0. The zero-order chi connectivity index (χ0) is 11.6. The van der Waals surface area contributed by atoms with Crippen molar-refractivity contribution in [2.45, 2.75) is 6.43 Å². The van der Waals surface area contributed by atoms with E-state index in [1.807, 2.05) is 0 Å². The lowest BCUT2D eigenvalue weighted by Gasteiger charge is -2.04. The Hall–Kier alpha value is -1.06. The molecule has 0 atom stereocenters. The standard InChI is InChI=1S/C7H5F2IN2O3/c1-15-4-2-3(5(8)9)6(10)11-7(4)12(13)14/h2,5H,1H3. The number of rotatable bonds is 3. The molecule has 0 saturated heterocycles. The van der Waals surface area contributed by atoms with Crippen LogP contribution in [0.25, 0.3) is 0 Å². The van der Waals surface area contributed by atoms with E-state index in [0.717, 1.165) is 13.2 Å². The molecule has 0 aromatic carbocycles. The highest BCUT2D eigenvalue weighted by Gasteiger charge is 2.25. The van der Waals surface area contributed by atoms with Gasteiger partial charge in [0.1, 0.15) is 0 Å². The third kappa shape index (κ3) is 2.49.